The normalized spacial score (nSPS) is 13.7. The molecule has 1 aliphatic rings. The van der Waals surface area contributed by atoms with E-state index in [0.717, 1.165) is 0 Å². The minimum absolute atomic E-state index is 0.0159. The molecule has 0 saturated carbocycles. The van der Waals surface area contributed by atoms with Gasteiger partial charge in [0.25, 0.3) is 11.6 Å². The smallest absolute Gasteiger partial charge is 0.323 e. The molecule has 0 unspecified atom stereocenters. The quantitative estimate of drug-likeness (QED) is 0.272. The van der Waals surface area contributed by atoms with Gasteiger partial charge < -0.3 is 24.9 Å². The number of aromatic nitrogens is 2. The molecule has 1 aromatic heterocycles. The number of carbonyl (C=O) groups is 1. The number of rotatable bonds is 4. The lowest BCUT2D eigenvalue weighted by molar-refractivity contribution is -0.384. The second kappa shape index (κ2) is 8.53. The second-order valence-electron chi connectivity index (χ2n) is 6.81. The first kappa shape index (κ1) is 20.5. The highest BCUT2D eigenvalue weighted by molar-refractivity contribution is 7.80. The molecule has 12 heteroatoms. The van der Waals surface area contributed by atoms with Crippen LogP contribution in [0.3, 0.4) is 0 Å². The van der Waals surface area contributed by atoms with E-state index in [1.807, 2.05) is 4.90 Å². The van der Waals surface area contributed by atoms with Crippen molar-refractivity contribution in [2.75, 3.05) is 36.5 Å². The summed E-state index contributed by atoms with van der Waals surface area (Å²) in [7, 11) is 0. The van der Waals surface area contributed by atoms with Crippen LogP contribution in [0, 0.1) is 10.1 Å². The first-order valence-corrected chi connectivity index (χ1v) is 9.77. The number of anilines is 2. The van der Waals surface area contributed by atoms with Gasteiger partial charge in [0, 0.05) is 30.4 Å². The van der Waals surface area contributed by atoms with Crippen molar-refractivity contribution in [2.45, 2.75) is 0 Å². The number of nitrogens with zero attached hydrogens (tertiary/aromatic N) is 2. The van der Waals surface area contributed by atoms with E-state index in [2.05, 4.69) is 20.6 Å². The number of nitro benzene ring substituents is 1. The number of nitrogens with one attached hydrogen (secondary N) is 4. The van der Waals surface area contributed by atoms with Crippen LogP contribution in [0.5, 0.6) is 0 Å². The van der Waals surface area contributed by atoms with Crippen molar-refractivity contribution in [3.63, 3.8) is 0 Å². The standard InChI is InChI=1S/C19H18N6O5S/c26-17(23-19(31)20-12-2-3-13-14(10-12)22-18(27)21-13)11-1-4-15(16(9-11)25(28)29)24-5-7-30-8-6-24/h1-4,9-10H,5-8H2,(H2,21,22,27)(H2,20,23,26,31). The van der Waals surface area contributed by atoms with Crippen molar-refractivity contribution >= 4 is 51.3 Å². The van der Waals surface area contributed by atoms with Crippen LogP contribution in [-0.4, -0.2) is 52.2 Å². The van der Waals surface area contributed by atoms with Crippen molar-refractivity contribution in [1.82, 2.24) is 15.3 Å². The van der Waals surface area contributed by atoms with Crippen molar-refractivity contribution < 1.29 is 14.5 Å². The molecule has 0 spiro atoms. The number of amides is 1. The third-order valence-corrected chi connectivity index (χ3v) is 4.99. The van der Waals surface area contributed by atoms with Crippen LogP contribution in [0.25, 0.3) is 11.0 Å². The zero-order valence-electron chi connectivity index (χ0n) is 16.1. The SMILES string of the molecule is O=C(NC(=S)Nc1ccc2[nH]c(=O)[nH]c2c1)c1ccc(N2CCOCC2)c([N+](=O)[O-])c1. The Bertz CT molecular complexity index is 1230. The molecule has 31 heavy (non-hydrogen) atoms. The predicted molar refractivity (Wildman–Crippen MR) is 119 cm³/mol. The fourth-order valence-corrected chi connectivity index (χ4v) is 3.54. The lowest BCUT2D eigenvalue weighted by Gasteiger charge is -2.28. The van der Waals surface area contributed by atoms with Gasteiger partial charge in [-0.2, -0.15) is 0 Å². The average molecular weight is 442 g/mol. The average Bonchev–Trinajstić information content (AvgIpc) is 3.13. The van der Waals surface area contributed by atoms with E-state index in [9.17, 15) is 19.7 Å². The van der Waals surface area contributed by atoms with E-state index in [4.69, 9.17) is 17.0 Å². The van der Waals surface area contributed by atoms with Gasteiger partial charge in [0.15, 0.2) is 5.11 Å². The number of ether oxygens (including phenoxy) is 1. The Kier molecular flexibility index (Phi) is 5.64. The molecule has 1 fully saturated rings. The van der Waals surface area contributed by atoms with Crippen LogP contribution >= 0.6 is 12.2 Å². The van der Waals surface area contributed by atoms with E-state index in [-0.39, 0.29) is 22.1 Å². The van der Waals surface area contributed by atoms with Crippen LogP contribution in [0.15, 0.2) is 41.2 Å². The first-order chi connectivity index (χ1) is 14.9. The highest BCUT2D eigenvalue weighted by atomic mass is 32.1. The molecule has 3 aromatic rings. The summed E-state index contributed by atoms with van der Waals surface area (Å²) in [6.07, 6.45) is 0. The number of H-pyrrole nitrogens is 2. The number of fused-ring (bicyclic) bond motifs is 1. The third kappa shape index (κ3) is 4.54. The minimum Gasteiger partial charge on any atom is -0.378 e. The fourth-order valence-electron chi connectivity index (χ4n) is 3.33. The van der Waals surface area contributed by atoms with E-state index >= 15 is 0 Å². The maximum Gasteiger partial charge on any atom is 0.323 e. The molecule has 4 rings (SSSR count). The summed E-state index contributed by atoms with van der Waals surface area (Å²) >= 11 is 5.17. The summed E-state index contributed by atoms with van der Waals surface area (Å²) in [6, 6.07) is 9.35. The number of benzene rings is 2. The predicted octanol–water partition coefficient (Wildman–Crippen LogP) is 1.73. The van der Waals surface area contributed by atoms with Gasteiger partial charge in [-0.25, -0.2) is 4.79 Å². The summed E-state index contributed by atoms with van der Waals surface area (Å²) in [6.45, 7) is 2.05. The minimum atomic E-state index is -0.578. The molecule has 2 heterocycles. The van der Waals surface area contributed by atoms with Crippen LogP contribution in [0.2, 0.25) is 0 Å². The molecular weight excluding hydrogens is 424 g/mol. The lowest BCUT2D eigenvalue weighted by Crippen LogP contribution is -2.37. The van der Waals surface area contributed by atoms with E-state index in [1.54, 1.807) is 24.3 Å². The number of nitro groups is 1. The zero-order valence-corrected chi connectivity index (χ0v) is 17.0. The maximum absolute atomic E-state index is 12.6. The Balaban J connectivity index is 1.47. The molecule has 160 valence electrons. The topological polar surface area (TPSA) is 145 Å². The Morgan fingerprint density at radius 3 is 2.61 bits per heavy atom. The number of carbonyl (C=O) groups excluding carboxylic acids is 1. The van der Waals surface area contributed by atoms with Crippen molar-refractivity contribution in [3.8, 4) is 0 Å². The van der Waals surface area contributed by atoms with Gasteiger partial charge in [0.1, 0.15) is 5.69 Å². The van der Waals surface area contributed by atoms with E-state index < -0.39 is 10.8 Å². The van der Waals surface area contributed by atoms with Crippen LogP contribution in [-0.2, 0) is 4.74 Å². The molecule has 1 amide bonds. The molecule has 0 atom stereocenters. The zero-order chi connectivity index (χ0) is 22.0. The molecule has 0 radical (unpaired) electrons. The monoisotopic (exact) mass is 442 g/mol. The molecule has 4 N–H and O–H groups in total. The largest absolute Gasteiger partial charge is 0.378 e. The highest BCUT2D eigenvalue weighted by Crippen LogP contribution is 2.30. The number of hydrogen-bond donors (Lipinski definition) is 4. The third-order valence-electron chi connectivity index (χ3n) is 4.79. The number of morpholine rings is 1. The Morgan fingerprint density at radius 2 is 1.87 bits per heavy atom. The first-order valence-electron chi connectivity index (χ1n) is 9.36. The Labute approximate surface area is 180 Å². The van der Waals surface area contributed by atoms with Crippen LogP contribution in [0.4, 0.5) is 17.1 Å². The van der Waals surface area contributed by atoms with Gasteiger partial charge in [-0.3, -0.25) is 20.2 Å². The van der Waals surface area contributed by atoms with E-state index in [1.165, 1.54) is 12.1 Å². The number of aromatic amines is 2. The summed E-state index contributed by atoms with van der Waals surface area (Å²) in [5.74, 6) is -0.578. The second-order valence-corrected chi connectivity index (χ2v) is 7.22. The lowest BCUT2D eigenvalue weighted by atomic mass is 10.1. The van der Waals surface area contributed by atoms with E-state index in [0.29, 0.717) is 48.7 Å². The summed E-state index contributed by atoms with van der Waals surface area (Å²) in [4.78, 5) is 42.1. The number of imidazole rings is 1. The molecule has 2 aromatic carbocycles. The summed E-state index contributed by atoms with van der Waals surface area (Å²) < 4.78 is 5.28. The van der Waals surface area contributed by atoms with Crippen molar-refractivity contribution in [3.05, 3.63) is 62.6 Å². The van der Waals surface area contributed by atoms with Gasteiger partial charge in [-0.1, -0.05) is 0 Å². The molecule has 1 aliphatic heterocycles. The van der Waals surface area contributed by atoms with Gasteiger partial charge in [0.2, 0.25) is 0 Å². The Hall–Kier alpha value is -3.77. The maximum atomic E-state index is 12.6. The summed E-state index contributed by atoms with van der Waals surface area (Å²) in [5, 5.41) is 16.9. The van der Waals surface area contributed by atoms with Gasteiger partial charge in [-0.05, 0) is 42.5 Å². The summed E-state index contributed by atoms with van der Waals surface area (Å²) in [5.41, 5.74) is 1.84. The highest BCUT2D eigenvalue weighted by Gasteiger charge is 2.23. The van der Waals surface area contributed by atoms with Crippen LogP contribution < -0.4 is 21.2 Å². The molecule has 0 bridgehead atoms. The molecule has 0 aliphatic carbocycles. The van der Waals surface area contributed by atoms with Crippen LogP contribution in [0.1, 0.15) is 10.4 Å². The molecule has 1 saturated heterocycles. The molecular formula is C19H18N6O5S. The van der Waals surface area contributed by atoms with Gasteiger partial charge >= 0.3 is 5.69 Å². The number of thiocarbonyl (C=S) groups is 1. The van der Waals surface area contributed by atoms with Crippen molar-refractivity contribution in [2.24, 2.45) is 0 Å². The molecule has 11 nitrogen and oxygen atoms in total. The Morgan fingerprint density at radius 1 is 1.13 bits per heavy atom. The fraction of sp³-hybridized carbons (Fsp3) is 0.211. The van der Waals surface area contributed by atoms with Gasteiger partial charge in [0.05, 0.1) is 29.2 Å². The van der Waals surface area contributed by atoms with Gasteiger partial charge in [-0.15, -0.1) is 0 Å². The number of hydrogen-bond acceptors (Lipinski definition) is 7. The van der Waals surface area contributed by atoms with Crippen molar-refractivity contribution in [1.29, 1.82) is 0 Å².